The first-order valence-corrected chi connectivity index (χ1v) is 7.73. The molecule has 1 amide bonds. The topological polar surface area (TPSA) is 32.8 Å². The van der Waals surface area contributed by atoms with Crippen LogP contribution in [-0.2, 0) is 4.74 Å². The number of benzene rings is 1. The lowest BCUT2D eigenvalue weighted by atomic mass is 10.1. The fourth-order valence-electron chi connectivity index (χ4n) is 2.13. The summed E-state index contributed by atoms with van der Waals surface area (Å²) < 4.78 is 32.8. The number of amides is 1. The van der Waals surface area contributed by atoms with E-state index in [9.17, 15) is 13.6 Å². The van der Waals surface area contributed by atoms with Crippen molar-refractivity contribution in [1.29, 1.82) is 0 Å². The van der Waals surface area contributed by atoms with Gasteiger partial charge in [0.2, 0.25) is 0 Å². The van der Waals surface area contributed by atoms with Crippen LogP contribution in [0, 0.1) is 11.6 Å². The average molecular weight is 377 g/mol. The van der Waals surface area contributed by atoms with Crippen molar-refractivity contribution in [2.75, 3.05) is 25.0 Å². The van der Waals surface area contributed by atoms with Gasteiger partial charge in [-0.25, -0.2) is 13.6 Å². The summed E-state index contributed by atoms with van der Waals surface area (Å²) in [5, 5.41) is 0. The summed E-state index contributed by atoms with van der Waals surface area (Å²) in [6.45, 7) is 6.27. The number of anilines is 1. The molecule has 22 heavy (non-hydrogen) atoms. The minimum absolute atomic E-state index is 0.0824. The third-order valence-corrected chi connectivity index (χ3v) is 4.03. The van der Waals surface area contributed by atoms with E-state index in [1.165, 1.54) is 4.90 Å². The Morgan fingerprint density at radius 2 is 1.91 bits per heavy atom. The van der Waals surface area contributed by atoms with Crippen molar-refractivity contribution >= 4 is 27.7 Å². The van der Waals surface area contributed by atoms with E-state index in [2.05, 4.69) is 15.9 Å². The van der Waals surface area contributed by atoms with Gasteiger partial charge < -0.3 is 14.5 Å². The van der Waals surface area contributed by atoms with Gasteiger partial charge in [-0.15, -0.1) is 0 Å². The van der Waals surface area contributed by atoms with Crippen LogP contribution >= 0.6 is 15.9 Å². The fraction of sp³-hybridized carbons (Fsp3) is 0.533. The van der Waals surface area contributed by atoms with E-state index < -0.39 is 23.3 Å². The molecule has 122 valence electrons. The van der Waals surface area contributed by atoms with Crippen molar-refractivity contribution in [3.8, 4) is 0 Å². The second-order valence-electron chi connectivity index (χ2n) is 6.37. The molecule has 1 heterocycles. The summed E-state index contributed by atoms with van der Waals surface area (Å²) in [5.74, 6) is -1.01. The lowest BCUT2D eigenvalue weighted by Gasteiger charge is -2.45. The molecule has 1 aromatic rings. The molecule has 1 saturated heterocycles. The first-order chi connectivity index (χ1) is 10.1. The van der Waals surface area contributed by atoms with E-state index in [1.807, 2.05) is 0 Å². The van der Waals surface area contributed by atoms with Gasteiger partial charge in [-0.1, -0.05) is 0 Å². The van der Waals surface area contributed by atoms with Crippen molar-refractivity contribution in [2.45, 2.75) is 32.4 Å². The highest BCUT2D eigenvalue weighted by molar-refractivity contribution is 9.10. The third-order valence-electron chi connectivity index (χ3n) is 3.42. The van der Waals surface area contributed by atoms with Crippen molar-refractivity contribution in [2.24, 2.45) is 0 Å². The molecule has 0 spiro atoms. The Kier molecular flexibility index (Phi) is 4.65. The summed E-state index contributed by atoms with van der Waals surface area (Å²) in [7, 11) is 1.65. The number of hydrogen-bond acceptors (Lipinski definition) is 3. The number of hydrogen-bond donors (Lipinski definition) is 0. The average Bonchev–Trinajstić information content (AvgIpc) is 2.31. The van der Waals surface area contributed by atoms with Gasteiger partial charge in [0.25, 0.3) is 0 Å². The minimum atomic E-state index is -0.560. The largest absolute Gasteiger partial charge is 0.444 e. The van der Waals surface area contributed by atoms with E-state index in [0.29, 0.717) is 13.1 Å². The predicted octanol–water partition coefficient (Wildman–Crippen LogP) is 3.78. The van der Waals surface area contributed by atoms with Gasteiger partial charge in [0.05, 0.1) is 16.2 Å². The Morgan fingerprint density at radius 1 is 1.32 bits per heavy atom. The molecule has 0 atom stereocenters. The smallest absolute Gasteiger partial charge is 0.410 e. The van der Waals surface area contributed by atoms with E-state index in [-0.39, 0.29) is 16.2 Å². The molecular weight excluding hydrogens is 358 g/mol. The molecule has 1 fully saturated rings. The number of carbonyl (C=O) groups excluding carboxylic acids is 1. The molecule has 0 unspecified atom stereocenters. The number of carbonyl (C=O) groups is 1. The van der Waals surface area contributed by atoms with E-state index in [0.717, 1.165) is 12.1 Å². The van der Waals surface area contributed by atoms with Crippen LogP contribution in [0.5, 0.6) is 0 Å². The van der Waals surface area contributed by atoms with Crippen molar-refractivity contribution < 1.29 is 18.3 Å². The summed E-state index contributed by atoms with van der Waals surface area (Å²) >= 11 is 2.95. The normalized spacial score (nSPS) is 15.5. The van der Waals surface area contributed by atoms with Crippen LogP contribution in [0.4, 0.5) is 19.3 Å². The number of likely N-dealkylation sites (N-methyl/N-ethyl adjacent to an activating group) is 1. The maximum atomic E-state index is 13.9. The summed E-state index contributed by atoms with van der Waals surface area (Å²) in [6, 6.07) is 2.18. The maximum Gasteiger partial charge on any atom is 0.410 e. The van der Waals surface area contributed by atoms with E-state index in [4.69, 9.17) is 4.74 Å². The lowest BCUT2D eigenvalue weighted by molar-refractivity contribution is 0.0197. The van der Waals surface area contributed by atoms with Gasteiger partial charge in [0.15, 0.2) is 0 Å². The van der Waals surface area contributed by atoms with Gasteiger partial charge in [-0.2, -0.15) is 0 Å². The molecule has 1 aliphatic heterocycles. The molecule has 0 aliphatic carbocycles. The Morgan fingerprint density at radius 3 is 2.45 bits per heavy atom. The number of nitrogens with zero attached hydrogens (tertiary/aromatic N) is 2. The van der Waals surface area contributed by atoms with Crippen LogP contribution in [-0.4, -0.2) is 42.8 Å². The van der Waals surface area contributed by atoms with E-state index in [1.54, 1.807) is 32.7 Å². The Bertz CT molecular complexity index is 584. The van der Waals surface area contributed by atoms with Crippen LogP contribution in [0.25, 0.3) is 0 Å². The van der Waals surface area contributed by atoms with Gasteiger partial charge in [-0.3, -0.25) is 0 Å². The van der Waals surface area contributed by atoms with Crippen LogP contribution in [0.1, 0.15) is 20.8 Å². The minimum Gasteiger partial charge on any atom is -0.444 e. The monoisotopic (exact) mass is 376 g/mol. The first kappa shape index (κ1) is 17.0. The van der Waals surface area contributed by atoms with Crippen molar-refractivity contribution in [3.05, 3.63) is 28.2 Å². The third kappa shape index (κ3) is 3.69. The predicted molar refractivity (Wildman–Crippen MR) is 84.1 cm³/mol. The fourth-order valence-corrected chi connectivity index (χ4v) is 2.45. The molecule has 0 radical (unpaired) electrons. The molecule has 0 saturated carbocycles. The summed E-state index contributed by atoms with van der Waals surface area (Å²) in [6.07, 6.45) is -0.417. The van der Waals surface area contributed by atoms with Crippen molar-refractivity contribution in [3.63, 3.8) is 0 Å². The second kappa shape index (κ2) is 6.02. The van der Waals surface area contributed by atoms with Crippen LogP contribution in [0.2, 0.25) is 0 Å². The quantitative estimate of drug-likeness (QED) is 0.736. The van der Waals surface area contributed by atoms with Crippen LogP contribution in [0.3, 0.4) is 0 Å². The molecule has 7 heteroatoms. The molecule has 1 aliphatic rings. The lowest BCUT2D eigenvalue weighted by Crippen LogP contribution is -2.60. The highest BCUT2D eigenvalue weighted by Gasteiger charge is 2.35. The number of ether oxygens (including phenoxy) is 1. The van der Waals surface area contributed by atoms with Crippen LogP contribution < -0.4 is 4.90 Å². The molecule has 4 nitrogen and oxygen atoms in total. The zero-order valence-electron chi connectivity index (χ0n) is 13.0. The Hall–Kier alpha value is -1.37. The van der Waals surface area contributed by atoms with Gasteiger partial charge >= 0.3 is 6.09 Å². The van der Waals surface area contributed by atoms with Gasteiger partial charge in [0.1, 0.15) is 17.2 Å². The molecule has 1 aromatic carbocycles. The molecule has 0 N–H and O–H groups in total. The highest BCUT2D eigenvalue weighted by atomic mass is 79.9. The number of rotatable bonds is 2. The summed E-state index contributed by atoms with van der Waals surface area (Å²) in [5.41, 5.74) is -0.357. The van der Waals surface area contributed by atoms with E-state index >= 15 is 0 Å². The molecular formula is C15H19BrF2N2O2. The molecule has 0 bridgehead atoms. The number of halogens is 3. The first-order valence-electron chi connectivity index (χ1n) is 6.94. The zero-order valence-corrected chi connectivity index (χ0v) is 14.6. The second-order valence-corrected chi connectivity index (χ2v) is 7.22. The molecule has 2 rings (SSSR count). The standard InChI is InChI=1S/C15H19BrF2N2O2/c1-15(2,3)22-14(21)19(4)9-7-20(8-9)13-6-11(17)10(16)5-12(13)18/h5-6,9H,7-8H2,1-4H3. The maximum absolute atomic E-state index is 13.9. The van der Waals surface area contributed by atoms with Crippen molar-refractivity contribution in [1.82, 2.24) is 4.90 Å². The summed E-state index contributed by atoms with van der Waals surface area (Å²) in [4.78, 5) is 15.1. The van der Waals surface area contributed by atoms with Gasteiger partial charge in [0, 0.05) is 26.2 Å². The SMILES string of the molecule is CN(C(=O)OC(C)(C)C)C1CN(c2cc(F)c(Br)cc2F)C1. The highest BCUT2D eigenvalue weighted by Crippen LogP contribution is 2.30. The zero-order chi connectivity index (χ0) is 16.7. The van der Waals surface area contributed by atoms with Gasteiger partial charge in [-0.05, 0) is 42.8 Å². The van der Waals surface area contributed by atoms with Crippen LogP contribution in [0.15, 0.2) is 16.6 Å². The Balaban J connectivity index is 1.98. The molecule has 0 aromatic heterocycles. The Labute approximate surface area is 137 Å².